The highest BCUT2D eigenvalue weighted by molar-refractivity contribution is 5.93. The second kappa shape index (κ2) is 6.07. The summed E-state index contributed by atoms with van der Waals surface area (Å²) in [5, 5.41) is 16.3. The molecule has 110 valence electrons. The molecule has 0 saturated heterocycles. The molecule has 2 unspecified atom stereocenters. The molecule has 0 bridgehead atoms. The Hall–Kier alpha value is -1.85. The van der Waals surface area contributed by atoms with E-state index in [-0.39, 0.29) is 11.9 Å². The van der Waals surface area contributed by atoms with Gasteiger partial charge in [0.05, 0.1) is 11.6 Å². The van der Waals surface area contributed by atoms with Gasteiger partial charge < -0.3 is 10.4 Å². The van der Waals surface area contributed by atoms with Crippen LogP contribution in [0.5, 0.6) is 0 Å². The number of aromatic nitrogens is 2. The first kappa shape index (κ1) is 14.6. The minimum Gasteiger partial charge on any atom is -0.481 e. The smallest absolute Gasteiger partial charge is 0.308 e. The van der Waals surface area contributed by atoms with E-state index in [4.69, 9.17) is 0 Å². The first-order valence-corrected chi connectivity index (χ1v) is 7.03. The summed E-state index contributed by atoms with van der Waals surface area (Å²) in [6.07, 6.45) is 4.25. The van der Waals surface area contributed by atoms with Gasteiger partial charge in [0.1, 0.15) is 5.69 Å². The topological polar surface area (TPSA) is 84.2 Å². The average molecular weight is 279 g/mol. The van der Waals surface area contributed by atoms with E-state index in [1.807, 2.05) is 6.92 Å². The number of carbonyl (C=O) groups is 2. The molecule has 1 aliphatic rings. The normalized spacial score (nSPS) is 23.1. The van der Waals surface area contributed by atoms with Crippen LogP contribution in [0.2, 0.25) is 0 Å². The summed E-state index contributed by atoms with van der Waals surface area (Å²) in [6.45, 7) is 1.82. The minimum atomic E-state index is -0.821. The maximum absolute atomic E-state index is 12.3. The van der Waals surface area contributed by atoms with E-state index in [1.54, 1.807) is 13.1 Å². The maximum atomic E-state index is 12.3. The van der Waals surface area contributed by atoms with Crippen LogP contribution in [0, 0.1) is 12.8 Å². The van der Waals surface area contributed by atoms with Crippen LogP contribution in [-0.4, -0.2) is 32.8 Å². The molecule has 1 heterocycles. The minimum absolute atomic E-state index is 0.244. The van der Waals surface area contributed by atoms with Crippen LogP contribution in [0.4, 0.5) is 0 Å². The van der Waals surface area contributed by atoms with E-state index >= 15 is 0 Å². The van der Waals surface area contributed by atoms with Crippen LogP contribution in [0.3, 0.4) is 0 Å². The molecule has 1 saturated carbocycles. The Bertz CT molecular complexity index is 510. The average Bonchev–Trinajstić information content (AvgIpc) is 2.60. The van der Waals surface area contributed by atoms with E-state index in [0.29, 0.717) is 12.1 Å². The van der Waals surface area contributed by atoms with Crippen LogP contribution >= 0.6 is 0 Å². The van der Waals surface area contributed by atoms with Crippen molar-refractivity contribution < 1.29 is 14.7 Å². The fraction of sp³-hybridized carbons (Fsp3) is 0.643. The molecule has 6 heteroatoms. The molecule has 1 amide bonds. The lowest BCUT2D eigenvalue weighted by atomic mass is 9.95. The number of carboxylic acid groups (broad SMARTS) is 1. The summed E-state index contributed by atoms with van der Waals surface area (Å²) in [4.78, 5) is 23.6. The van der Waals surface area contributed by atoms with Crippen LogP contribution < -0.4 is 5.32 Å². The number of aryl methyl sites for hydroxylation is 2. The Balaban J connectivity index is 2.11. The Morgan fingerprint density at radius 3 is 2.65 bits per heavy atom. The highest BCUT2D eigenvalue weighted by Gasteiger charge is 2.31. The zero-order valence-corrected chi connectivity index (χ0v) is 11.9. The number of nitrogens with one attached hydrogen (secondary N) is 1. The van der Waals surface area contributed by atoms with Crippen molar-refractivity contribution in [2.75, 3.05) is 0 Å². The van der Waals surface area contributed by atoms with E-state index in [9.17, 15) is 14.7 Å². The van der Waals surface area contributed by atoms with Gasteiger partial charge in [-0.1, -0.05) is 19.3 Å². The highest BCUT2D eigenvalue weighted by atomic mass is 16.4. The molecule has 6 nitrogen and oxygen atoms in total. The third kappa shape index (κ3) is 3.18. The third-order valence-electron chi connectivity index (χ3n) is 3.88. The molecular weight excluding hydrogens is 258 g/mol. The van der Waals surface area contributed by atoms with Crippen LogP contribution in [0.15, 0.2) is 6.07 Å². The fourth-order valence-electron chi connectivity index (χ4n) is 2.84. The van der Waals surface area contributed by atoms with Crippen molar-refractivity contribution in [1.82, 2.24) is 15.1 Å². The number of amides is 1. The van der Waals surface area contributed by atoms with Crippen molar-refractivity contribution in [3.8, 4) is 0 Å². The number of carbonyl (C=O) groups excluding carboxylic acids is 1. The Morgan fingerprint density at radius 2 is 2.05 bits per heavy atom. The summed E-state index contributed by atoms with van der Waals surface area (Å²) >= 11 is 0. The lowest BCUT2D eigenvalue weighted by molar-refractivity contribution is -0.142. The van der Waals surface area contributed by atoms with Crippen LogP contribution in [0.25, 0.3) is 0 Å². The lowest BCUT2D eigenvalue weighted by Gasteiger charge is -2.22. The van der Waals surface area contributed by atoms with E-state index in [0.717, 1.165) is 31.4 Å². The van der Waals surface area contributed by atoms with Gasteiger partial charge >= 0.3 is 5.97 Å². The molecule has 0 radical (unpaired) electrons. The zero-order valence-electron chi connectivity index (χ0n) is 11.9. The summed E-state index contributed by atoms with van der Waals surface area (Å²) in [5.74, 6) is -1.56. The standard InChI is InChI=1S/C14H21N3O3/c1-9-8-12(17(2)16-9)13(18)15-11-7-5-3-4-6-10(11)14(19)20/h8,10-11H,3-7H2,1-2H3,(H,15,18)(H,19,20). The summed E-state index contributed by atoms with van der Waals surface area (Å²) in [7, 11) is 1.71. The monoisotopic (exact) mass is 279 g/mol. The molecule has 0 spiro atoms. The van der Waals surface area contributed by atoms with Gasteiger partial charge in [-0.3, -0.25) is 14.3 Å². The Labute approximate surface area is 118 Å². The SMILES string of the molecule is Cc1cc(C(=O)NC2CCCCCC2C(=O)O)n(C)n1. The molecule has 2 atom stereocenters. The third-order valence-corrected chi connectivity index (χ3v) is 3.88. The van der Waals surface area contributed by atoms with E-state index in [2.05, 4.69) is 10.4 Å². The molecule has 0 aliphatic heterocycles. The molecule has 1 aromatic heterocycles. The second-order valence-corrected chi connectivity index (χ2v) is 5.46. The number of hydrogen-bond acceptors (Lipinski definition) is 3. The number of nitrogens with zero attached hydrogens (tertiary/aromatic N) is 2. The van der Waals surface area contributed by atoms with Crippen molar-refractivity contribution in [3.05, 3.63) is 17.5 Å². The molecule has 1 aromatic rings. The first-order valence-electron chi connectivity index (χ1n) is 7.03. The molecular formula is C14H21N3O3. The van der Waals surface area contributed by atoms with Crippen molar-refractivity contribution in [1.29, 1.82) is 0 Å². The quantitative estimate of drug-likeness (QED) is 0.821. The van der Waals surface area contributed by atoms with Gasteiger partial charge in [-0.25, -0.2) is 0 Å². The number of rotatable bonds is 3. The Morgan fingerprint density at radius 1 is 1.35 bits per heavy atom. The molecule has 20 heavy (non-hydrogen) atoms. The zero-order chi connectivity index (χ0) is 14.7. The molecule has 2 N–H and O–H groups in total. The largest absolute Gasteiger partial charge is 0.481 e. The predicted octanol–water partition coefficient (Wildman–Crippen LogP) is 1.49. The Kier molecular flexibility index (Phi) is 4.42. The lowest BCUT2D eigenvalue weighted by Crippen LogP contribution is -2.43. The number of aliphatic carboxylic acids is 1. The van der Waals surface area contributed by atoms with Gasteiger partial charge in [0, 0.05) is 13.1 Å². The van der Waals surface area contributed by atoms with Crippen molar-refractivity contribution >= 4 is 11.9 Å². The second-order valence-electron chi connectivity index (χ2n) is 5.46. The van der Waals surface area contributed by atoms with Crippen molar-refractivity contribution in [2.24, 2.45) is 13.0 Å². The van der Waals surface area contributed by atoms with Gasteiger partial charge in [0.25, 0.3) is 5.91 Å². The maximum Gasteiger partial charge on any atom is 0.308 e. The number of carboxylic acids is 1. The predicted molar refractivity (Wildman–Crippen MR) is 73.4 cm³/mol. The molecule has 0 aromatic carbocycles. The molecule has 2 rings (SSSR count). The van der Waals surface area contributed by atoms with Crippen molar-refractivity contribution in [2.45, 2.75) is 45.1 Å². The van der Waals surface area contributed by atoms with Crippen LogP contribution in [-0.2, 0) is 11.8 Å². The molecule has 1 aliphatic carbocycles. The first-order chi connectivity index (χ1) is 9.49. The summed E-state index contributed by atoms with van der Waals surface area (Å²) < 4.78 is 1.52. The van der Waals surface area contributed by atoms with Gasteiger partial charge in [0.2, 0.25) is 0 Å². The van der Waals surface area contributed by atoms with Gasteiger partial charge in [-0.05, 0) is 25.8 Å². The van der Waals surface area contributed by atoms with Crippen LogP contribution in [0.1, 0.15) is 48.3 Å². The van der Waals surface area contributed by atoms with E-state index < -0.39 is 11.9 Å². The summed E-state index contributed by atoms with van der Waals surface area (Å²) in [6, 6.07) is 1.42. The number of hydrogen-bond donors (Lipinski definition) is 2. The van der Waals surface area contributed by atoms with Gasteiger partial charge in [-0.2, -0.15) is 5.10 Å². The molecule has 1 fully saturated rings. The fourth-order valence-corrected chi connectivity index (χ4v) is 2.84. The highest BCUT2D eigenvalue weighted by Crippen LogP contribution is 2.24. The van der Waals surface area contributed by atoms with Crippen molar-refractivity contribution in [3.63, 3.8) is 0 Å². The summed E-state index contributed by atoms with van der Waals surface area (Å²) in [5.41, 5.74) is 1.24. The van der Waals surface area contributed by atoms with E-state index in [1.165, 1.54) is 4.68 Å². The van der Waals surface area contributed by atoms with Gasteiger partial charge in [0.15, 0.2) is 0 Å². The van der Waals surface area contributed by atoms with Gasteiger partial charge in [-0.15, -0.1) is 0 Å².